The zero-order valence-corrected chi connectivity index (χ0v) is 10.1. The van der Waals surface area contributed by atoms with E-state index in [9.17, 15) is 19.7 Å². The minimum absolute atomic E-state index is 0.0322. The Labute approximate surface area is 109 Å². The maximum Gasteiger partial charge on any atom is 0.269 e. The third-order valence-electron chi connectivity index (χ3n) is 2.94. The van der Waals surface area contributed by atoms with Gasteiger partial charge in [-0.15, -0.1) is 0 Å². The third-order valence-corrected chi connectivity index (χ3v) is 2.94. The first-order valence-corrected chi connectivity index (χ1v) is 5.86. The van der Waals surface area contributed by atoms with Crippen molar-refractivity contribution in [3.05, 3.63) is 39.9 Å². The number of nitrogens with one attached hydrogen (secondary N) is 2. The van der Waals surface area contributed by atoms with Gasteiger partial charge in [-0.2, -0.15) is 0 Å². The summed E-state index contributed by atoms with van der Waals surface area (Å²) in [5, 5.41) is 15.8. The highest BCUT2D eigenvalue weighted by Gasteiger charge is 2.25. The molecule has 7 nitrogen and oxygen atoms in total. The summed E-state index contributed by atoms with van der Waals surface area (Å²) in [5.74, 6) is -0.573. The quantitative estimate of drug-likeness (QED) is 0.467. The average Bonchev–Trinajstić information content (AvgIpc) is 2.38. The second kappa shape index (κ2) is 5.57. The predicted molar refractivity (Wildman–Crippen MR) is 66.1 cm³/mol. The smallest absolute Gasteiger partial charge is 0.269 e. The van der Waals surface area contributed by atoms with Crippen LogP contribution in [0.15, 0.2) is 24.3 Å². The highest BCUT2D eigenvalue weighted by atomic mass is 16.6. The molecule has 19 heavy (non-hydrogen) atoms. The highest BCUT2D eigenvalue weighted by Crippen LogP contribution is 2.12. The minimum Gasteiger partial charge on any atom is -0.302 e. The Morgan fingerprint density at radius 1 is 1.32 bits per heavy atom. The van der Waals surface area contributed by atoms with E-state index in [1.165, 1.54) is 12.1 Å². The van der Waals surface area contributed by atoms with Gasteiger partial charge in [0, 0.05) is 25.1 Å². The Bertz CT molecular complexity index is 512. The maximum absolute atomic E-state index is 11.5. The number of nitrogens with zero attached hydrogens (tertiary/aromatic N) is 1. The van der Waals surface area contributed by atoms with Crippen LogP contribution in [0.3, 0.4) is 0 Å². The van der Waals surface area contributed by atoms with E-state index in [1.807, 2.05) is 0 Å². The largest absolute Gasteiger partial charge is 0.302 e. The van der Waals surface area contributed by atoms with Gasteiger partial charge in [-0.25, -0.2) is 0 Å². The number of hydrogen-bond donors (Lipinski definition) is 2. The molecule has 0 spiro atoms. The molecule has 0 aliphatic carbocycles. The number of non-ortho nitro benzene ring substituents is 1. The van der Waals surface area contributed by atoms with Gasteiger partial charge in [-0.3, -0.25) is 25.0 Å². The molecule has 1 unspecified atom stereocenters. The molecule has 0 radical (unpaired) electrons. The number of benzene rings is 1. The molecule has 2 N–H and O–H groups in total. The topological polar surface area (TPSA) is 101 Å². The van der Waals surface area contributed by atoms with E-state index in [1.54, 1.807) is 12.1 Å². The Morgan fingerprint density at radius 2 is 2.00 bits per heavy atom. The second-order valence-electron chi connectivity index (χ2n) is 4.31. The predicted octanol–water partition coefficient (Wildman–Crippen LogP) is 0.490. The Kier molecular flexibility index (Phi) is 3.86. The fraction of sp³-hybridized carbons (Fsp3) is 0.333. The summed E-state index contributed by atoms with van der Waals surface area (Å²) in [6.07, 6.45) is 0.793. The van der Waals surface area contributed by atoms with Crippen LogP contribution < -0.4 is 10.6 Å². The van der Waals surface area contributed by atoms with Crippen LogP contribution in [-0.4, -0.2) is 22.8 Å². The number of nitro benzene ring substituents is 1. The third kappa shape index (κ3) is 3.35. The van der Waals surface area contributed by atoms with Crippen molar-refractivity contribution < 1.29 is 14.5 Å². The second-order valence-corrected chi connectivity index (χ2v) is 4.31. The monoisotopic (exact) mass is 263 g/mol. The summed E-state index contributed by atoms with van der Waals surface area (Å²) in [7, 11) is 0. The molecule has 0 saturated carbocycles. The Morgan fingerprint density at radius 3 is 2.58 bits per heavy atom. The molecule has 1 aliphatic rings. The van der Waals surface area contributed by atoms with Gasteiger partial charge in [-0.1, -0.05) is 12.1 Å². The first-order valence-electron chi connectivity index (χ1n) is 5.86. The number of amides is 2. The molecule has 1 heterocycles. The lowest BCUT2D eigenvalue weighted by Crippen LogP contribution is -2.50. The molecule has 1 fully saturated rings. The van der Waals surface area contributed by atoms with Crippen LogP contribution in [0.25, 0.3) is 0 Å². The molecular formula is C12H13N3O4. The number of carbonyl (C=O) groups excluding carboxylic acids is 2. The molecule has 1 aromatic rings. The molecule has 2 rings (SSSR count). The van der Waals surface area contributed by atoms with Crippen molar-refractivity contribution in [1.82, 2.24) is 10.6 Å². The summed E-state index contributed by atoms with van der Waals surface area (Å²) in [6.45, 7) is 0.421. The first kappa shape index (κ1) is 13.2. The van der Waals surface area contributed by atoms with Crippen LogP contribution in [0, 0.1) is 10.1 Å². The molecule has 1 saturated heterocycles. The van der Waals surface area contributed by atoms with Crippen LogP contribution in [0.2, 0.25) is 0 Å². The highest BCUT2D eigenvalue weighted by molar-refractivity contribution is 6.00. The van der Waals surface area contributed by atoms with E-state index in [2.05, 4.69) is 10.6 Å². The summed E-state index contributed by atoms with van der Waals surface area (Å²) in [4.78, 5) is 32.5. The number of nitro groups is 1. The van der Waals surface area contributed by atoms with E-state index in [0.717, 1.165) is 5.56 Å². The van der Waals surface area contributed by atoms with Gasteiger partial charge in [-0.05, 0) is 12.0 Å². The number of rotatable bonds is 4. The fourth-order valence-electron chi connectivity index (χ4n) is 1.86. The minimum atomic E-state index is -0.461. The lowest BCUT2D eigenvalue weighted by molar-refractivity contribution is -0.384. The average molecular weight is 263 g/mol. The first-order chi connectivity index (χ1) is 9.06. The molecule has 2 amide bonds. The SMILES string of the molecule is O=C1CCC(NCc2ccc([N+](=O)[O-])cc2)C(=O)N1. The van der Waals surface area contributed by atoms with Gasteiger partial charge in [0.1, 0.15) is 0 Å². The van der Waals surface area contributed by atoms with Gasteiger partial charge in [0.05, 0.1) is 11.0 Å². The molecule has 1 aromatic carbocycles. The standard InChI is InChI=1S/C12H13N3O4/c16-11-6-5-10(12(17)14-11)13-7-8-1-3-9(4-2-8)15(18)19/h1-4,10,13H,5-7H2,(H,14,16,17). The van der Waals surface area contributed by atoms with E-state index in [0.29, 0.717) is 19.4 Å². The van der Waals surface area contributed by atoms with Crippen molar-refractivity contribution >= 4 is 17.5 Å². The van der Waals surface area contributed by atoms with Crippen molar-refractivity contribution in [3.8, 4) is 0 Å². The van der Waals surface area contributed by atoms with Crippen LogP contribution in [0.1, 0.15) is 18.4 Å². The summed E-state index contributed by atoms with van der Waals surface area (Å²) in [6, 6.07) is 5.71. The Balaban J connectivity index is 1.90. The van der Waals surface area contributed by atoms with E-state index >= 15 is 0 Å². The zero-order chi connectivity index (χ0) is 13.8. The number of carbonyl (C=O) groups is 2. The van der Waals surface area contributed by atoms with Gasteiger partial charge in [0.15, 0.2) is 0 Å². The van der Waals surface area contributed by atoms with Crippen LogP contribution in [0.4, 0.5) is 5.69 Å². The molecule has 100 valence electrons. The van der Waals surface area contributed by atoms with Gasteiger partial charge < -0.3 is 5.32 Å². The zero-order valence-electron chi connectivity index (χ0n) is 10.1. The summed E-state index contributed by atoms with van der Waals surface area (Å²) in [5.41, 5.74) is 0.875. The van der Waals surface area contributed by atoms with Crippen LogP contribution >= 0.6 is 0 Å². The summed E-state index contributed by atoms with van der Waals surface area (Å²) < 4.78 is 0. The van der Waals surface area contributed by atoms with Crippen LogP contribution in [-0.2, 0) is 16.1 Å². The van der Waals surface area contributed by atoms with Crippen molar-refractivity contribution in [2.45, 2.75) is 25.4 Å². The van der Waals surface area contributed by atoms with E-state index in [-0.39, 0.29) is 17.5 Å². The fourth-order valence-corrected chi connectivity index (χ4v) is 1.86. The maximum atomic E-state index is 11.5. The molecule has 7 heteroatoms. The van der Waals surface area contributed by atoms with Gasteiger partial charge in [0.25, 0.3) is 5.69 Å². The van der Waals surface area contributed by atoms with Gasteiger partial charge >= 0.3 is 0 Å². The van der Waals surface area contributed by atoms with Gasteiger partial charge in [0.2, 0.25) is 11.8 Å². The molecule has 1 atom stereocenters. The molecular weight excluding hydrogens is 250 g/mol. The van der Waals surface area contributed by atoms with Crippen molar-refractivity contribution in [1.29, 1.82) is 0 Å². The van der Waals surface area contributed by atoms with E-state index in [4.69, 9.17) is 0 Å². The molecule has 1 aliphatic heterocycles. The Hall–Kier alpha value is -2.28. The summed E-state index contributed by atoms with van der Waals surface area (Å²) >= 11 is 0. The number of hydrogen-bond acceptors (Lipinski definition) is 5. The van der Waals surface area contributed by atoms with Crippen LogP contribution in [0.5, 0.6) is 0 Å². The van der Waals surface area contributed by atoms with E-state index < -0.39 is 11.0 Å². The van der Waals surface area contributed by atoms with Crippen molar-refractivity contribution in [2.24, 2.45) is 0 Å². The number of imide groups is 1. The number of piperidine rings is 1. The lowest BCUT2D eigenvalue weighted by atomic mass is 10.1. The van der Waals surface area contributed by atoms with Crippen molar-refractivity contribution in [3.63, 3.8) is 0 Å². The molecule has 0 bridgehead atoms. The van der Waals surface area contributed by atoms with Crippen molar-refractivity contribution in [2.75, 3.05) is 0 Å². The normalized spacial score (nSPS) is 19.1. The molecule has 0 aromatic heterocycles. The lowest BCUT2D eigenvalue weighted by Gasteiger charge is -2.21.